The van der Waals surface area contributed by atoms with E-state index in [4.69, 9.17) is 9.47 Å². The van der Waals surface area contributed by atoms with Crippen LogP contribution in [0.5, 0.6) is 11.5 Å². The van der Waals surface area contributed by atoms with Crippen LogP contribution in [0, 0.1) is 0 Å². The molecule has 0 aliphatic rings. The summed E-state index contributed by atoms with van der Waals surface area (Å²) in [6.07, 6.45) is 2.75. The van der Waals surface area contributed by atoms with Gasteiger partial charge in [-0.25, -0.2) is 14.8 Å². The van der Waals surface area contributed by atoms with Gasteiger partial charge in [0, 0.05) is 6.20 Å². The molecule has 1 heterocycles. The molecule has 7 nitrogen and oxygen atoms in total. The third kappa shape index (κ3) is 4.37. The van der Waals surface area contributed by atoms with Gasteiger partial charge in [0.05, 0.1) is 31.5 Å². The Morgan fingerprint density at radius 1 is 1.28 bits per heavy atom. The van der Waals surface area contributed by atoms with E-state index in [1.54, 1.807) is 14.2 Å². The van der Waals surface area contributed by atoms with Gasteiger partial charge in [-0.15, -0.1) is 0 Å². The fourth-order valence-corrected chi connectivity index (χ4v) is 2.49. The summed E-state index contributed by atoms with van der Waals surface area (Å²) in [6, 6.07) is 5.56. The lowest BCUT2D eigenvalue weighted by molar-refractivity contribution is 0.0694. The summed E-state index contributed by atoms with van der Waals surface area (Å²) in [6.45, 7) is 3.95. The molecule has 0 amide bonds. The van der Waals surface area contributed by atoms with Crippen LogP contribution in [0.2, 0.25) is 0 Å². The summed E-state index contributed by atoms with van der Waals surface area (Å²) in [4.78, 5) is 19.7. The van der Waals surface area contributed by atoms with Crippen LogP contribution in [-0.4, -0.2) is 35.3 Å². The Bertz CT molecular complexity index is 749. The van der Waals surface area contributed by atoms with Gasteiger partial charge in [0.2, 0.25) is 5.95 Å². The van der Waals surface area contributed by atoms with Crippen molar-refractivity contribution < 1.29 is 19.4 Å². The van der Waals surface area contributed by atoms with Crippen LogP contribution in [0.15, 0.2) is 24.4 Å². The van der Waals surface area contributed by atoms with Crippen LogP contribution in [-0.2, 0) is 6.42 Å². The van der Waals surface area contributed by atoms with E-state index >= 15 is 0 Å². The predicted octanol–water partition coefficient (Wildman–Crippen LogP) is 3.32. The summed E-state index contributed by atoms with van der Waals surface area (Å²) < 4.78 is 10.6. The SMILES string of the molecule is CCCc1nc(NC(C)c2ccc(OC)c(OC)c2)ncc1C(=O)O. The van der Waals surface area contributed by atoms with E-state index in [9.17, 15) is 9.90 Å². The summed E-state index contributed by atoms with van der Waals surface area (Å²) >= 11 is 0. The number of hydrogen-bond acceptors (Lipinski definition) is 6. The quantitative estimate of drug-likeness (QED) is 0.758. The Hall–Kier alpha value is -2.83. The first-order chi connectivity index (χ1) is 12.0. The molecule has 25 heavy (non-hydrogen) atoms. The van der Waals surface area contributed by atoms with Crippen molar-refractivity contribution >= 4 is 11.9 Å². The highest BCUT2D eigenvalue weighted by Crippen LogP contribution is 2.30. The topological polar surface area (TPSA) is 93.6 Å². The van der Waals surface area contributed by atoms with E-state index in [1.807, 2.05) is 32.0 Å². The first kappa shape index (κ1) is 18.5. The van der Waals surface area contributed by atoms with Crippen LogP contribution in [0.1, 0.15) is 47.9 Å². The fourth-order valence-electron chi connectivity index (χ4n) is 2.49. The van der Waals surface area contributed by atoms with E-state index in [-0.39, 0.29) is 11.6 Å². The minimum atomic E-state index is -1.01. The zero-order valence-electron chi connectivity index (χ0n) is 14.9. The predicted molar refractivity (Wildman–Crippen MR) is 94.6 cm³/mol. The lowest BCUT2D eigenvalue weighted by Gasteiger charge is -2.17. The van der Waals surface area contributed by atoms with Gasteiger partial charge in [-0.1, -0.05) is 19.4 Å². The molecule has 134 valence electrons. The largest absolute Gasteiger partial charge is 0.493 e. The van der Waals surface area contributed by atoms with Gasteiger partial charge in [-0.2, -0.15) is 0 Å². The van der Waals surface area contributed by atoms with Crippen molar-refractivity contribution in [2.45, 2.75) is 32.7 Å². The van der Waals surface area contributed by atoms with E-state index in [0.717, 1.165) is 12.0 Å². The van der Waals surface area contributed by atoms with Crippen LogP contribution < -0.4 is 14.8 Å². The Morgan fingerprint density at radius 3 is 2.60 bits per heavy atom. The molecule has 2 N–H and O–H groups in total. The van der Waals surface area contributed by atoms with Gasteiger partial charge >= 0.3 is 5.97 Å². The molecule has 1 aromatic carbocycles. The summed E-state index contributed by atoms with van der Waals surface area (Å²) in [7, 11) is 3.18. The van der Waals surface area contributed by atoms with Crippen molar-refractivity contribution in [1.29, 1.82) is 0 Å². The van der Waals surface area contributed by atoms with Gasteiger partial charge in [0.15, 0.2) is 11.5 Å². The number of methoxy groups -OCH3 is 2. The van der Waals surface area contributed by atoms with Gasteiger partial charge in [-0.05, 0) is 31.0 Å². The van der Waals surface area contributed by atoms with E-state index in [2.05, 4.69) is 15.3 Å². The highest BCUT2D eigenvalue weighted by Gasteiger charge is 2.15. The van der Waals surface area contributed by atoms with E-state index in [1.165, 1.54) is 6.20 Å². The number of rotatable bonds is 8. The number of aromatic nitrogens is 2. The molecule has 0 aliphatic carbocycles. The zero-order valence-corrected chi connectivity index (χ0v) is 14.9. The second-order valence-electron chi connectivity index (χ2n) is 5.59. The number of carboxylic acid groups (broad SMARTS) is 1. The normalized spacial score (nSPS) is 11.7. The maximum absolute atomic E-state index is 11.3. The molecule has 0 radical (unpaired) electrons. The highest BCUT2D eigenvalue weighted by atomic mass is 16.5. The molecule has 0 aliphatic heterocycles. The van der Waals surface area contributed by atoms with E-state index < -0.39 is 5.97 Å². The van der Waals surface area contributed by atoms with Crippen molar-refractivity contribution in [3.05, 3.63) is 41.2 Å². The molecular weight excluding hydrogens is 322 g/mol. The molecule has 2 rings (SSSR count). The smallest absolute Gasteiger partial charge is 0.339 e. The summed E-state index contributed by atoms with van der Waals surface area (Å²) in [5.41, 5.74) is 1.65. The molecule has 2 aromatic rings. The molecule has 0 bridgehead atoms. The molecule has 7 heteroatoms. The number of nitrogens with zero attached hydrogens (tertiary/aromatic N) is 2. The van der Waals surface area contributed by atoms with Crippen LogP contribution in [0.25, 0.3) is 0 Å². The minimum absolute atomic E-state index is 0.0926. The number of ether oxygens (including phenoxy) is 2. The molecule has 1 atom stereocenters. The Balaban J connectivity index is 2.24. The average molecular weight is 345 g/mol. The number of aromatic carboxylic acids is 1. The molecule has 1 aromatic heterocycles. The van der Waals surface area contributed by atoms with Crippen molar-refractivity contribution in [1.82, 2.24) is 9.97 Å². The number of aryl methyl sites for hydroxylation is 1. The molecule has 0 fully saturated rings. The summed E-state index contributed by atoms with van der Waals surface area (Å²) in [5.74, 6) is 0.687. The number of anilines is 1. The van der Waals surface area contributed by atoms with Crippen molar-refractivity contribution in [3.63, 3.8) is 0 Å². The van der Waals surface area contributed by atoms with Crippen LogP contribution >= 0.6 is 0 Å². The van der Waals surface area contributed by atoms with Crippen molar-refractivity contribution in [2.24, 2.45) is 0 Å². The molecular formula is C18H23N3O4. The Kier molecular flexibility index (Phi) is 6.16. The lowest BCUT2D eigenvalue weighted by Crippen LogP contribution is -2.13. The second kappa shape index (κ2) is 8.32. The Labute approximate surface area is 147 Å². The lowest BCUT2D eigenvalue weighted by atomic mass is 10.1. The van der Waals surface area contributed by atoms with Crippen molar-refractivity contribution in [2.75, 3.05) is 19.5 Å². The average Bonchev–Trinajstić information content (AvgIpc) is 2.61. The highest BCUT2D eigenvalue weighted by molar-refractivity contribution is 5.88. The van der Waals surface area contributed by atoms with Crippen LogP contribution in [0.3, 0.4) is 0 Å². The van der Waals surface area contributed by atoms with Gasteiger partial charge in [-0.3, -0.25) is 0 Å². The monoisotopic (exact) mass is 345 g/mol. The number of benzene rings is 1. The van der Waals surface area contributed by atoms with Gasteiger partial charge in [0.1, 0.15) is 0 Å². The number of nitrogens with one attached hydrogen (secondary N) is 1. The number of hydrogen-bond donors (Lipinski definition) is 2. The first-order valence-corrected chi connectivity index (χ1v) is 8.07. The third-order valence-corrected chi connectivity index (χ3v) is 3.84. The molecule has 0 saturated heterocycles. The second-order valence-corrected chi connectivity index (χ2v) is 5.59. The van der Waals surface area contributed by atoms with Gasteiger partial charge in [0.25, 0.3) is 0 Å². The van der Waals surface area contributed by atoms with Gasteiger partial charge < -0.3 is 19.9 Å². The Morgan fingerprint density at radius 2 is 2.00 bits per heavy atom. The maximum atomic E-state index is 11.3. The molecule has 0 spiro atoms. The number of carbonyl (C=O) groups is 1. The fraction of sp³-hybridized carbons (Fsp3) is 0.389. The van der Waals surface area contributed by atoms with Crippen LogP contribution in [0.4, 0.5) is 5.95 Å². The summed E-state index contributed by atoms with van der Waals surface area (Å²) in [5, 5.41) is 12.4. The molecule has 1 unspecified atom stereocenters. The molecule has 0 saturated carbocycles. The minimum Gasteiger partial charge on any atom is -0.493 e. The zero-order chi connectivity index (χ0) is 18.4. The van der Waals surface area contributed by atoms with E-state index in [0.29, 0.717) is 29.6 Å². The third-order valence-electron chi connectivity index (χ3n) is 3.84. The maximum Gasteiger partial charge on any atom is 0.339 e. The first-order valence-electron chi connectivity index (χ1n) is 8.07. The number of carboxylic acids is 1. The van der Waals surface area contributed by atoms with Crippen molar-refractivity contribution in [3.8, 4) is 11.5 Å². The standard InChI is InChI=1S/C18H23N3O4/c1-5-6-14-13(17(22)23)10-19-18(21-14)20-11(2)12-7-8-15(24-3)16(9-12)25-4/h7-11H,5-6H2,1-4H3,(H,22,23)(H,19,20,21).